The Morgan fingerprint density at radius 3 is 2.79 bits per heavy atom. The summed E-state index contributed by atoms with van der Waals surface area (Å²) < 4.78 is 24.0. The average molecular weight is 333 g/mol. The second-order valence-corrected chi connectivity index (χ2v) is 4.94. The fraction of sp³-hybridized carbons (Fsp3) is 0.417. The zero-order valence-electron chi connectivity index (χ0n) is 10.2. The Balaban J connectivity index is 1.96. The third-order valence-electron chi connectivity index (χ3n) is 2.74. The van der Waals surface area contributed by atoms with Gasteiger partial charge in [-0.2, -0.15) is 0 Å². The molecule has 7 heteroatoms. The van der Waals surface area contributed by atoms with Crippen molar-refractivity contribution in [2.24, 2.45) is 0 Å². The van der Waals surface area contributed by atoms with Crippen LogP contribution in [0.3, 0.4) is 0 Å². The van der Waals surface area contributed by atoms with Crippen molar-refractivity contribution in [1.29, 1.82) is 0 Å². The van der Waals surface area contributed by atoms with Crippen molar-refractivity contribution in [2.75, 3.05) is 38.6 Å². The van der Waals surface area contributed by atoms with E-state index in [1.807, 2.05) is 0 Å². The summed E-state index contributed by atoms with van der Waals surface area (Å²) in [7, 11) is 0. The first kappa shape index (κ1) is 14.1. The standard InChI is InChI=1S/C12H14BrFN2O3/c13-9-5-8(14)6-10(15)12(9)19-7-11(17)16-1-3-18-4-2-16/h5-6H,1-4,7,15H2. The molecule has 0 aliphatic carbocycles. The van der Waals surface area contributed by atoms with Crippen LogP contribution in [0.2, 0.25) is 0 Å². The molecule has 0 aromatic heterocycles. The summed E-state index contributed by atoms with van der Waals surface area (Å²) in [6, 6.07) is 2.39. The molecule has 2 rings (SSSR count). The number of amides is 1. The maximum atomic E-state index is 13.0. The van der Waals surface area contributed by atoms with Gasteiger partial charge in [0.1, 0.15) is 5.82 Å². The van der Waals surface area contributed by atoms with Gasteiger partial charge in [0.2, 0.25) is 0 Å². The lowest BCUT2D eigenvalue weighted by Crippen LogP contribution is -2.43. The van der Waals surface area contributed by atoms with Gasteiger partial charge >= 0.3 is 0 Å². The van der Waals surface area contributed by atoms with E-state index in [2.05, 4.69) is 15.9 Å². The molecule has 1 aromatic rings. The highest BCUT2D eigenvalue weighted by molar-refractivity contribution is 9.10. The van der Waals surface area contributed by atoms with E-state index < -0.39 is 5.82 Å². The van der Waals surface area contributed by atoms with Crippen LogP contribution in [0.1, 0.15) is 0 Å². The number of carbonyl (C=O) groups is 1. The van der Waals surface area contributed by atoms with Crippen molar-refractivity contribution in [3.8, 4) is 5.75 Å². The number of carbonyl (C=O) groups excluding carboxylic acids is 1. The highest BCUT2D eigenvalue weighted by Gasteiger charge is 2.18. The van der Waals surface area contributed by atoms with Gasteiger partial charge in [-0.25, -0.2) is 4.39 Å². The van der Waals surface area contributed by atoms with Gasteiger partial charge in [0.15, 0.2) is 12.4 Å². The number of nitrogen functional groups attached to an aromatic ring is 1. The summed E-state index contributed by atoms with van der Waals surface area (Å²) in [6.45, 7) is 2.06. The van der Waals surface area contributed by atoms with Crippen LogP contribution in [0.15, 0.2) is 16.6 Å². The van der Waals surface area contributed by atoms with E-state index in [0.717, 1.165) is 6.07 Å². The van der Waals surface area contributed by atoms with Gasteiger partial charge in [-0.05, 0) is 22.0 Å². The zero-order chi connectivity index (χ0) is 13.8. The minimum absolute atomic E-state index is 0.131. The van der Waals surface area contributed by atoms with Crippen LogP contribution in [0, 0.1) is 5.82 Å². The molecule has 19 heavy (non-hydrogen) atoms. The number of rotatable bonds is 3. The Kier molecular flexibility index (Phi) is 4.60. The molecule has 104 valence electrons. The lowest BCUT2D eigenvalue weighted by molar-refractivity contribution is -0.137. The molecule has 0 bridgehead atoms. The molecular formula is C12H14BrFN2O3. The molecular weight excluding hydrogens is 319 g/mol. The number of nitrogens with two attached hydrogens (primary N) is 1. The van der Waals surface area contributed by atoms with Gasteiger partial charge in [0.05, 0.1) is 23.4 Å². The molecule has 2 N–H and O–H groups in total. The van der Waals surface area contributed by atoms with Crippen molar-refractivity contribution >= 4 is 27.5 Å². The summed E-state index contributed by atoms with van der Waals surface area (Å²) in [5, 5.41) is 0. The second kappa shape index (κ2) is 6.21. The first-order valence-electron chi connectivity index (χ1n) is 5.81. The molecule has 1 aliphatic rings. The van der Waals surface area contributed by atoms with Crippen molar-refractivity contribution in [3.63, 3.8) is 0 Å². The summed E-state index contributed by atoms with van der Waals surface area (Å²) in [5.41, 5.74) is 5.80. The van der Waals surface area contributed by atoms with Gasteiger partial charge in [0.25, 0.3) is 5.91 Å². The Morgan fingerprint density at radius 1 is 1.47 bits per heavy atom. The van der Waals surface area contributed by atoms with Crippen LogP contribution in [-0.4, -0.2) is 43.7 Å². The molecule has 0 spiro atoms. The van der Waals surface area contributed by atoms with Crippen LogP contribution >= 0.6 is 15.9 Å². The number of hydrogen-bond donors (Lipinski definition) is 1. The predicted octanol–water partition coefficient (Wildman–Crippen LogP) is 1.41. The van der Waals surface area contributed by atoms with Crippen LogP contribution in [0.5, 0.6) is 5.75 Å². The number of anilines is 1. The van der Waals surface area contributed by atoms with Crippen molar-refractivity contribution in [3.05, 3.63) is 22.4 Å². The van der Waals surface area contributed by atoms with E-state index in [1.165, 1.54) is 6.07 Å². The third kappa shape index (κ3) is 3.57. The van der Waals surface area contributed by atoms with Crippen molar-refractivity contribution in [1.82, 2.24) is 4.90 Å². The van der Waals surface area contributed by atoms with Gasteiger partial charge < -0.3 is 20.1 Å². The largest absolute Gasteiger partial charge is 0.480 e. The number of benzene rings is 1. The van der Waals surface area contributed by atoms with Crippen LogP contribution in [0.25, 0.3) is 0 Å². The molecule has 1 heterocycles. The van der Waals surface area contributed by atoms with Crippen LogP contribution < -0.4 is 10.5 Å². The lowest BCUT2D eigenvalue weighted by atomic mass is 10.3. The van der Waals surface area contributed by atoms with E-state index in [0.29, 0.717) is 30.8 Å². The van der Waals surface area contributed by atoms with E-state index in [-0.39, 0.29) is 24.0 Å². The normalized spacial score (nSPS) is 15.4. The van der Waals surface area contributed by atoms with Gasteiger partial charge in [-0.1, -0.05) is 0 Å². The molecule has 5 nitrogen and oxygen atoms in total. The van der Waals surface area contributed by atoms with Gasteiger partial charge in [-0.3, -0.25) is 4.79 Å². The monoisotopic (exact) mass is 332 g/mol. The van der Waals surface area contributed by atoms with Crippen molar-refractivity contribution < 1.29 is 18.7 Å². The van der Waals surface area contributed by atoms with Crippen LogP contribution in [0.4, 0.5) is 10.1 Å². The zero-order valence-corrected chi connectivity index (χ0v) is 11.8. The predicted molar refractivity (Wildman–Crippen MR) is 71.4 cm³/mol. The highest BCUT2D eigenvalue weighted by Crippen LogP contribution is 2.32. The van der Waals surface area contributed by atoms with E-state index in [1.54, 1.807) is 4.90 Å². The first-order valence-corrected chi connectivity index (χ1v) is 6.60. The minimum Gasteiger partial charge on any atom is -0.480 e. The number of morpholine rings is 1. The Morgan fingerprint density at radius 2 is 2.16 bits per heavy atom. The maximum Gasteiger partial charge on any atom is 0.260 e. The number of ether oxygens (including phenoxy) is 2. The summed E-state index contributed by atoms with van der Waals surface area (Å²) in [6.07, 6.45) is 0. The van der Waals surface area contributed by atoms with Crippen molar-refractivity contribution in [2.45, 2.75) is 0 Å². The minimum atomic E-state index is -0.462. The fourth-order valence-electron chi connectivity index (χ4n) is 1.77. The SMILES string of the molecule is Nc1cc(F)cc(Br)c1OCC(=O)N1CCOCC1. The lowest BCUT2D eigenvalue weighted by Gasteiger charge is -2.26. The number of hydrogen-bond acceptors (Lipinski definition) is 4. The van der Waals surface area contributed by atoms with Crippen LogP contribution in [-0.2, 0) is 9.53 Å². The summed E-state index contributed by atoms with van der Waals surface area (Å²) in [4.78, 5) is 13.5. The molecule has 1 fully saturated rings. The Bertz CT molecular complexity index is 455. The first-order chi connectivity index (χ1) is 9.08. The summed E-state index contributed by atoms with van der Waals surface area (Å²) in [5.74, 6) is -0.321. The molecule has 0 radical (unpaired) electrons. The molecule has 1 amide bonds. The number of halogens is 2. The quantitative estimate of drug-likeness (QED) is 0.850. The fourth-order valence-corrected chi connectivity index (χ4v) is 2.33. The molecule has 0 saturated carbocycles. The Labute approximate surface area is 118 Å². The number of nitrogens with zero attached hydrogens (tertiary/aromatic N) is 1. The molecule has 0 atom stereocenters. The van der Waals surface area contributed by atoms with E-state index in [9.17, 15) is 9.18 Å². The van der Waals surface area contributed by atoms with Gasteiger partial charge in [0, 0.05) is 19.2 Å². The smallest absolute Gasteiger partial charge is 0.260 e. The molecule has 1 aliphatic heterocycles. The summed E-state index contributed by atoms with van der Waals surface area (Å²) >= 11 is 3.15. The highest BCUT2D eigenvalue weighted by atomic mass is 79.9. The van der Waals surface area contributed by atoms with E-state index >= 15 is 0 Å². The molecule has 0 unspecified atom stereocenters. The average Bonchev–Trinajstić information content (AvgIpc) is 2.38. The second-order valence-electron chi connectivity index (χ2n) is 4.09. The third-order valence-corrected chi connectivity index (χ3v) is 3.33. The van der Waals surface area contributed by atoms with Gasteiger partial charge in [-0.15, -0.1) is 0 Å². The molecule has 1 aromatic carbocycles. The van der Waals surface area contributed by atoms with E-state index in [4.69, 9.17) is 15.2 Å². The maximum absolute atomic E-state index is 13.0. The topological polar surface area (TPSA) is 64.8 Å². The molecule has 1 saturated heterocycles. The Hall–Kier alpha value is -1.34.